The molecule has 0 unspecified atom stereocenters. The molecule has 34 heavy (non-hydrogen) atoms. The molecule has 7 nitrogen and oxygen atoms in total. The maximum Gasteiger partial charge on any atom is 0.165 e. The molecule has 7 heteroatoms. The summed E-state index contributed by atoms with van der Waals surface area (Å²) in [4.78, 5) is 16.7. The molecule has 6 rings (SSSR count). The van der Waals surface area contributed by atoms with Gasteiger partial charge in [0, 0.05) is 38.2 Å². The van der Waals surface area contributed by atoms with Crippen LogP contribution in [0.5, 0.6) is 0 Å². The average Bonchev–Trinajstić information content (AvgIpc) is 3.53. The molecule has 1 aliphatic heterocycles. The van der Waals surface area contributed by atoms with Crippen LogP contribution in [0.4, 0.5) is 5.82 Å². The highest BCUT2D eigenvalue weighted by Gasteiger charge is 2.19. The number of rotatable bonds is 5. The summed E-state index contributed by atoms with van der Waals surface area (Å²) in [6.07, 6.45) is 10.4. The number of anilines is 1. The first-order valence-corrected chi connectivity index (χ1v) is 11.8. The van der Waals surface area contributed by atoms with Crippen molar-refractivity contribution in [1.82, 2.24) is 29.7 Å². The van der Waals surface area contributed by atoms with Gasteiger partial charge in [-0.05, 0) is 60.4 Å². The van der Waals surface area contributed by atoms with Gasteiger partial charge >= 0.3 is 0 Å². The van der Waals surface area contributed by atoms with Gasteiger partial charge < -0.3 is 11.1 Å². The fourth-order valence-corrected chi connectivity index (χ4v) is 4.65. The van der Waals surface area contributed by atoms with E-state index in [1.165, 1.54) is 5.56 Å². The van der Waals surface area contributed by atoms with Crippen molar-refractivity contribution in [3.8, 4) is 17.1 Å². The highest BCUT2D eigenvalue weighted by Crippen LogP contribution is 2.31. The van der Waals surface area contributed by atoms with E-state index < -0.39 is 0 Å². The van der Waals surface area contributed by atoms with Gasteiger partial charge in [0.15, 0.2) is 11.5 Å². The van der Waals surface area contributed by atoms with Gasteiger partial charge in [0.1, 0.15) is 11.3 Å². The molecule has 0 saturated carbocycles. The number of imidazole rings is 1. The lowest BCUT2D eigenvalue weighted by molar-refractivity contribution is 0.327. The molecule has 4 heterocycles. The number of nitrogen functional groups attached to an aromatic ring is 1. The van der Waals surface area contributed by atoms with Gasteiger partial charge in [-0.1, -0.05) is 30.4 Å². The molecular weight excluding hydrogens is 422 g/mol. The molecule has 4 aromatic rings. The highest BCUT2D eigenvalue weighted by atomic mass is 15.3. The van der Waals surface area contributed by atoms with Crippen LogP contribution in [0.15, 0.2) is 73.0 Å². The fourth-order valence-electron chi connectivity index (χ4n) is 4.65. The lowest BCUT2D eigenvalue weighted by Gasteiger charge is -2.15. The Hall–Kier alpha value is -3.81. The summed E-state index contributed by atoms with van der Waals surface area (Å²) in [5.41, 5.74) is 13.1. The van der Waals surface area contributed by atoms with Gasteiger partial charge in [0.25, 0.3) is 0 Å². The second-order valence-electron chi connectivity index (χ2n) is 8.76. The van der Waals surface area contributed by atoms with Gasteiger partial charge in [0.05, 0.1) is 11.3 Å². The van der Waals surface area contributed by atoms with Crippen LogP contribution in [0, 0.1) is 0 Å². The van der Waals surface area contributed by atoms with Crippen LogP contribution >= 0.6 is 0 Å². The molecule has 0 amide bonds. The molecule has 2 aliphatic rings. The number of nitrogens with zero attached hydrogens (tertiary/aromatic N) is 5. The van der Waals surface area contributed by atoms with Crippen LogP contribution in [0.2, 0.25) is 0 Å². The normalized spacial score (nSPS) is 16.3. The van der Waals surface area contributed by atoms with E-state index >= 15 is 0 Å². The molecular formula is C27H27N7. The quantitative estimate of drug-likeness (QED) is 0.476. The molecule has 170 valence electrons. The van der Waals surface area contributed by atoms with Crippen LogP contribution in [-0.2, 0) is 6.54 Å². The van der Waals surface area contributed by atoms with E-state index in [1.54, 1.807) is 6.20 Å². The van der Waals surface area contributed by atoms with Gasteiger partial charge in [-0.25, -0.2) is 15.0 Å². The minimum Gasteiger partial charge on any atom is -0.383 e. The van der Waals surface area contributed by atoms with Gasteiger partial charge in [-0.15, -0.1) is 0 Å². The number of benzene rings is 1. The first-order chi connectivity index (χ1) is 16.8. The van der Waals surface area contributed by atoms with E-state index in [9.17, 15) is 0 Å². The van der Waals surface area contributed by atoms with Crippen LogP contribution in [0.1, 0.15) is 24.1 Å². The summed E-state index contributed by atoms with van der Waals surface area (Å²) >= 11 is 0. The van der Waals surface area contributed by atoms with E-state index in [-0.39, 0.29) is 0 Å². The minimum atomic E-state index is 0.454. The summed E-state index contributed by atoms with van der Waals surface area (Å²) in [6.45, 7) is 4.00. The summed E-state index contributed by atoms with van der Waals surface area (Å²) < 4.78 is 2.10. The Morgan fingerprint density at radius 3 is 2.68 bits per heavy atom. The predicted molar refractivity (Wildman–Crippen MR) is 136 cm³/mol. The first-order valence-electron chi connectivity index (χ1n) is 11.8. The Morgan fingerprint density at radius 2 is 1.91 bits per heavy atom. The number of hydrogen-bond donors (Lipinski definition) is 2. The van der Waals surface area contributed by atoms with Crippen molar-refractivity contribution in [2.75, 3.05) is 25.5 Å². The van der Waals surface area contributed by atoms with Gasteiger partial charge in [0.2, 0.25) is 0 Å². The topological polar surface area (TPSA) is 84.9 Å². The van der Waals surface area contributed by atoms with Crippen molar-refractivity contribution >= 4 is 22.6 Å². The van der Waals surface area contributed by atoms with Crippen molar-refractivity contribution < 1.29 is 0 Å². The van der Waals surface area contributed by atoms with Crippen molar-refractivity contribution in [3.05, 3.63) is 84.2 Å². The van der Waals surface area contributed by atoms with Crippen LogP contribution < -0.4 is 11.1 Å². The van der Waals surface area contributed by atoms with Crippen LogP contribution in [0.3, 0.4) is 0 Å². The molecule has 0 radical (unpaired) electrons. The third-order valence-corrected chi connectivity index (χ3v) is 6.42. The Morgan fingerprint density at radius 1 is 1.00 bits per heavy atom. The molecule has 3 N–H and O–H groups in total. The number of fused-ring (bicyclic) bond motifs is 1. The summed E-state index contributed by atoms with van der Waals surface area (Å²) in [5.74, 6) is 1.20. The van der Waals surface area contributed by atoms with E-state index in [1.807, 2.05) is 24.3 Å². The zero-order valence-corrected chi connectivity index (χ0v) is 19.0. The third-order valence-electron chi connectivity index (χ3n) is 6.42. The average molecular weight is 450 g/mol. The van der Waals surface area contributed by atoms with E-state index in [0.717, 1.165) is 78.7 Å². The summed E-state index contributed by atoms with van der Waals surface area (Å²) in [5, 5.41) is 3.39. The monoisotopic (exact) mass is 449 g/mol. The Balaban J connectivity index is 1.48. The van der Waals surface area contributed by atoms with Crippen molar-refractivity contribution in [1.29, 1.82) is 0 Å². The molecule has 3 aromatic heterocycles. The maximum absolute atomic E-state index is 6.27. The number of aromatic nitrogens is 4. The first kappa shape index (κ1) is 20.8. The van der Waals surface area contributed by atoms with Crippen LogP contribution in [0.25, 0.3) is 33.8 Å². The number of nitrogens with two attached hydrogens (primary N) is 1. The van der Waals surface area contributed by atoms with E-state index in [2.05, 4.69) is 62.3 Å². The largest absolute Gasteiger partial charge is 0.383 e. The predicted octanol–water partition coefficient (Wildman–Crippen LogP) is 4.16. The molecule has 1 aromatic carbocycles. The third kappa shape index (κ3) is 3.89. The van der Waals surface area contributed by atoms with Crippen molar-refractivity contribution in [3.63, 3.8) is 0 Å². The molecule has 1 fully saturated rings. The molecule has 0 atom stereocenters. The second kappa shape index (κ2) is 8.85. The lowest BCUT2D eigenvalue weighted by atomic mass is 10.0. The lowest BCUT2D eigenvalue weighted by Crippen LogP contribution is -2.21. The van der Waals surface area contributed by atoms with E-state index in [0.29, 0.717) is 5.82 Å². The summed E-state index contributed by atoms with van der Waals surface area (Å²) in [6, 6.07) is 16.6. The SMILES string of the molecule is Nc1ncccc1-c1nc2ccc(C3=CCCC=C3)nc2n1-c1ccc(CN2CCNC2)cc1. The van der Waals surface area contributed by atoms with Crippen molar-refractivity contribution in [2.24, 2.45) is 0 Å². The molecule has 0 bridgehead atoms. The zero-order valence-electron chi connectivity index (χ0n) is 19.0. The Kier molecular flexibility index (Phi) is 5.41. The maximum atomic E-state index is 6.27. The summed E-state index contributed by atoms with van der Waals surface area (Å²) in [7, 11) is 0. The molecule has 1 saturated heterocycles. The number of nitrogens with one attached hydrogen (secondary N) is 1. The smallest absolute Gasteiger partial charge is 0.165 e. The second-order valence-corrected chi connectivity index (χ2v) is 8.76. The zero-order chi connectivity index (χ0) is 22.9. The van der Waals surface area contributed by atoms with Crippen LogP contribution in [-0.4, -0.2) is 44.2 Å². The minimum absolute atomic E-state index is 0.454. The van der Waals surface area contributed by atoms with Gasteiger partial charge in [-0.2, -0.15) is 0 Å². The standard InChI is InChI=1S/C27H27N7/c28-25-22(7-4-14-30-25)26-32-24-13-12-23(20-5-2-1-3-6-20)31-27(24)34(26)21-10-8-19(9-11-21)17-33-16-15-29-18-33/h2,4-14,29H,1,3,15-18H2,(H2,28,30). The number of allylic oxidation sites excluding steroid dienone is 4. The molecule has 1 aliphatic carbocycles. The number of pyridine rings is 2. The van der Waals surface area contributed by atoms with Gasteiger partial charge in [-0.3, -0.25) is 9.47 Å². The Labute approximate surface area is 198 Å². The van der Waals surface area contributed by atoms with Crippen molar-refractivity contribution in [2.45, 2.75) is 19.4 Å². The van der Waals surface area contributed by atoms with E-state index in [4.69, 9.17) is 15.7 Å². The highest BCUT2D eigenvalue weighted by molar-refractivity contribution is 5.85. The Bertz CT molecular complexity index is 1390. The number of hydrogen-bond acceptors (Lipinski definition) is 6. The fraction of sp³-hybridized carbons (Fsp3) is 0.222. The molecule has 0 spiro atoms.